The number of hydrogen-bond acceptors (Lipinski definition) is 4. The molecule has 0 atom stereocenters. The molecule has 2 rings (SSSR count). The van der Waals surface area contributed by atoms with Crippen molar-refractivity contribution >= 4 is 46.4 Å². The summed E-state index contributed by atoms with van der Waals surface area (Å²) in [5, 5.41) is -2.87. The van der Waals surface area contributed by atoms with Crippen LogP contribution in [0.5, 0.6) is 11.5 Å². The fraction of sp³-hybridized carbons (Fsp3) is 0.0909. The highest BCUT2D eigenvalue weighted by molar-refractivity contribution is 6.37. The van der Waals surface area contributed by atoms with E-state index < -0.39 is 62.2 Å². The molecule has 124 valence electrons. The van der Waals surface area contributed by atoms with Crippen LogP contribution in [-0.2, 0) is 0 Å². The van der Waals surface area contributed by atoms with Gasteiger partial charge >= 0.3 is 0 Å². The van der Waals surface area contributed by atoms with Crippen LogP contribution in [0.4, 0.5) is 17.6 Å². The van der Waals surface area contributed by atoms with Crippen molar-refractivity contribution in [2.45, 2.75) is 0 Å². The molecule has 0 fully saturated rings. The van der Waals surface area contributed by atoms with E-state index in [2.05, 4.69) is 9.97 Å². The molecule has 2 aromatic rings. The zero-order valence-electron chi connectivity index (χ0n) is 10.4. The number of nitrogens with zero attached hydrogens (tertiary/aromatic N) is 2. The molecule has 2 aromatic heterocycles. The van der Waals surface area contributed by atoms with Crippen molar-refractivity contribution in [3.63, 3.8) is 0 Å². The molecule has 0 bridgehead atoms. The zero-order chi connectivity index (χ0) is 17.3. The van der Waals surface area contributed by atoms with Crippen molar-refractivity contribution in [1.29, 1.82) is 0 Å². The molecular formula is C11H2Cl4F4N2O2. The SMILES string of the molecule is Fc1nc(F)c(Cl)c(OCOc2c(Cl)c(F)nc(F)c2Cl)c1Cl. The summed E-state index contributed by atoms with van der Waals surface area (Å²) in [6.45, 7) is -0.829. The van der Waals surface area contributed by atoms with E-state index >= 15 is 0 Å². The van der Waals surface area contributed by atoms with E-state index in [9.17, 15) is 17.6 Å². The van der Waals surface area contributed by atoms with Gasteiger partial charge in [-0.3, -0.25) is 0 Å². The minimum Gasteiger partial charge on any atom is -0.454 e. The first-order valence-electron chi connectivity index (χ1n) is 5.39. The Balaban J connectivity index is 2.22. The van der Waals surface area contributed by atoms with E-state index in [-0.39, 0.29) is 0 Å². The Bertz CT molecular complexity index is 663. The fourth-order valence-electron chi connectivity index (χ4n) is 1.34. The first kappa shape index (κ1) is 18.1. The zero-order valence-corrected chi connectivity index (χ0v) is 13.5. The van der Waals surface area contributed by atoms with E-state index in [1.165, 1.54) is 0 Å². The fourth-order valence-corrected chi connectivity index (χ4v) is 2.20. The van der Waals surface area contributed by atoms with E-state index in [4.69, 9.17) is 55.9 Å². The lowest BCUT2D eigenvalue weighted by atomic mass is 10.4. The molecule has 0 aromatic carbocycles. The average Bonchev–Trinajstić information content (AvgIpc) is 2.49. The molecule has 0 amide bonds. The van der Waals surface area contributed by atoms with Crippen LogP contribution in [-0.4, -0.2) is 16.8 Å². The van der Waals surface area contributed by atoms with Crippen molar-refractivity contribution in [2.24, 2.45) is 0 Å². The normalized spacial score (nSPS) is 10.8. The van der Waals surface area contributed by atoms with Crippen LogP contribution in [0.1, 0.15) is 0 Å². The van der Waals surface area contributed by atoms with Crippen LogP contribution >= 0.6 is 46.4 Å². The monoisotopic (exact) mass is 410 g/mol. The highest BCUT2D eigenvalue weighted by Gasteiger charge is 2.22. The van der Waals surface area contributed by atoms with Gasteiger partial charge in [0, 0.05) is 0 Å². The van der Waals surface area contributed by atoms with Crippen molar-refractivity contribution in [2.75, 3.05) is 6.79 Å². The number of pyridine rings is 2. The quantitative estimate of drug-likeness (QED) is 0.400. The summed E-state index contributed by atoms with van der Waals surface area (Å²) in [5.41, 5.74) is 0. The summed E-state index contributed by atoms with van der Waals surface area (Å²) in [6.07, 6.45) is 0. The summed E-state index contributed by atoms with van der Waals surface area (Å²) < 4.78 is 62.4. The standard InChI is InChI=1S/C11H2Cl4F4N2O2/c12-2-6(3(13)9(17)20-8(2)16)22-1-23-7-4(14)10(18)21-11(19)5(7)15/h1H2. The van der Waals surface area contributed by atoms with E-state index in [1.807, 2.05) is 0 Å². The molecule has 0 aliphatic carbocycles. The molecular weight excluding hydrogens is 410 g/mol. The lowest BCUT2D eigenvalue weighted by Crippen LogP contribution is -2.10. The molecule has 0 spiro atoms. The van der Waals surface area contributed by atoms with E-state index in [0.29, 0.717) is 0 Å². The Hall–Kier alpha value is -1.22. The summed E-state index contributed by atoms with van der Waals surface area (Å²) in [4.78, 5) is 5.57. The number of ether oxygens (including phenoxy) is 2. The smallest absolute Gasteiger partial charge is 0.238 e. The van der Waals surface area contributed by atoms with Gasteiger partial charge in [-0.15, -0.1) is 0 Å². The lowest BCUT2D eigenvalue weighted by molar-refractivity contribution is 0.118. The van der Waals surface area contributed by atoms with Gasteiger partial charge in [0.1, 0.15) is 20.1 Å². The molecule has 0 N–H and O–H groups in total. The van der Waals surface area contributed by atoms with Crippen molar-refractivity contribution in [1.82, 2.24) is 9.97 Å². The lowest BCUT2D eigenvalue weighted by Gasteiger charge is -2.13. The molecule has 2 heterocycles. The highest BCUT2D eigenvalue weighted by Crippen LogP contribution is 2.37. The van der Waals surface area contributed by atoms with Gasteiger partial charge in [0.15, 0.2) is 11.5 Å². The summed E-state index contributed by atoms with van der Waals surface area (Å²) in [6, 6.07) is 0. The van der Waals surface area contributed by atoms with Gasteiger partial charge < -0.3 is 9.47 Å². The van der Waals surface area contributed by atoms with Crippen LogP contribution in [0, 0.1) is 23.8 Å². The molecule has 0 aliphatic heterocycles. The van der Waals surface area contributed by atoms with Gasteiger partial charge in [-0.2, -0.15) is 27.5 Å². The van der Waals surface area contributed by atoms with Gasteiger partial charge in [0.05, 0.1) is 0 Å². The van der Waals surface area contributed by atoms with Crippen LogP contribution in [0.3, 0.4) is 0 Å². The minimum absolute atomic E-state index is 0.624. The number of hydrogen-bond donors (Lipinski definition) is 0. The molecule has 12 heteroatoms. The first-order valence-corrected chi connectivity index (χ1v) is 6.90. The van der Waals surface area contributed by atoms with Gasteiger partial charge in [-0.1, -0.05) is 46.4 Å². The molecule has 4 nitrogen and oxygen atoms in total. The van der Waals surface area contributed by atoms with Crippen molar-refractivity contribution < 1.29 is 27.0 Å². The summed E-state index contributed by atoms with van der Waals surface area (Å²) in [5.74, 6) is -6.75. The Labute approximate surface area is 145 Å². The predicted molar refractivity (Wildman–Crippen MR) is 74.5 cm³/mol. The number of halogens is 8. The van der Waals surface area contributed by atoms with Crippen LogP contribution in [0.2, 0.25) is 20.1 Å². The molecule has 23 heavy (non-hydrogen) atoms. The Morgan fingerprint density at radius 3 is 1.13 bits per heavy atom. The van der Waals surface area contributed by atoms with Gasteiger partial charge in [0.2, 0.25) is 30.6 Å². The van der Waals surface area contributed by atoms with E-state index in [1.54, 1.807) is 0 Å². The van der Waals surface area contributed by atoms with Crippen molar-refractivity contribution in [3.8, 4) is 11.5 Å². The average molecular weight is 412 g/mol. The summed E-state index contributed by atoms with van der Waals surface area (Å²) >= 11 is 22.1. The van der Waals surface area contributed by atoms with Gasteiger partial charge in [-0.05, 0) is 0 Å². The minimum atomic E-state index is -1.37. The second kappa shape index (κ2) is 7.12. The highest BCUT2D eigenvalue weighted by atomic mass is 35.5. The maximum absolute atomic E-state index is 13.2. The number of aromatic nitrogens is 2. The maximum atomic E-state index is 13.2. The van der Waals surface area contributed by atoms with Crippen LogP contribution < -0.4 is 9.47 Å². The van der Waals surface area contributed by atoms with Gasteiger partial charge in [0.25, 0.3) is 0 Å². The second-order valence-electron chi connectivity index (χ2n) is 3.71. The third-order valence-electron chi connectivity index (χ3n) is 2.32. The van der Waals surface area contributed by atoms with Crippen LogP contribution in [0.25, 0.3) is 0 Å². The third kappa shape index (κ3) is 3.65. The van der Waals surface area contributed by atoms with Crippen LogP contribution in [0.15, 0.2) is 0 Å². The third-order valence-corrected chi connectivity index (χ3v) is 3.63. The maximum Gasteiger partial charge on any atom is 0.238 e. The largest absolute Gasteiger partial charge is 0.454 e. The molecule has 0 aliphatic rings. The summed E-state index contributed by atoms with van der Waals surface area (Å²) in [7, 11) is 0. The first-order chi connectivity index (χ1) is 10.7. The molecule has 0 saturated carbocycles. The second-order valence-corrected chi connectivity index (χ2v) is 5.22. The predicted octanol–water partition coefficient (Wildman–Crippen LogP) is 5.06. The van der Waals surface area contributed by atoms with E-state index in [0.717, 1.165) is 0 Å². The van der Waals surface area contributed by atoms with Gasteiger partial charge in [-0.25, -0.2) is 0 Å². The molecule has 0 saturated heterocycles. The molecule has 0 radical (unpaired) electrons. The Morgan fingerprint density at radius 2 is 0.870 bits per heavy atom. The molecule has 0 unspecified atom stereocenters. The number of rotatable bonds is 4. The van der Waals surface area contributed by atoms with Crippen molar-refractivity contribution in [3.05, 3.63) is 43.9 Å². The Morgan fingerprint density at radius 1 is 0.609 bits per heavy atom. The topological polar surface area (TPSA) is 44.2 Å². The Kier molecular flexibility index (Phi) is 5.61.